The Morgan fingerprint density at radius 2 is 1.81 bits per heavy atom. The second-order valence-corrected chi connectivity index (χ2v) is 9.63. The van der Waals surface area contributed by atoms with Crippen LogP contribution in [-0.2, 0) is 29.4 Å². The minimum Gasteiger partial charge on any atom is -0.484 e. The largest absolute Gasteiger partial charge is 0.484 e. The fraction of sp³-hybridized carbons (Fsp3) is 0.333. The number of nitrogens with zero attached hydrogens (tertiary/aromatic N) is 3. The van der Waals surface area contributed by atoms with Crippen LogP contribution in [0.25, 0.3) is 0 Å². The van der Waals surface area contributed by atoms with E-state index in [0.717, 1.165) is 30.0 Å². The summed E-state index contributed by atoms with van der Waals surface area (Å²) >= 11 is 6.94. The Balaban J connectivity index is 1.47. The van der Waals surface area contributed by atoms with Crippen LogP contribution in [0.1, 0.15) is 36.7 Å². The van der Waals surface area contributed by atoms with Crippen LogP contribution in [0.4, 0.5) is 18.9 Å². The Hall–Kier alpha value is -3.25. The summed E-state index contributed by atoms with van der Waals surface area (Å²) in [6, 6.07) is 10.2. The minimum absolute atomic E-state index is 0.0143. The van der Waals surface area contributed by atoms with Crippen LogP contribution in [0.15, 0.2) is 47.6 Å². The van der Waals surface area contributed by atoms with E-state index in [1.165, 1.54) is 5.56 Å². The zero-order chi connectivity index (χ0) is 27.2. The van der Waals surface area contributed by atoms with E-state index < -0.39 is 17.6 Å². The van der Waals surface area contributed by atoms with E-state index in [9.17, 15) is 22.8 Å². The Bertz CT molecular complexity index is 1250. The van der Waals surface area contributed by atoms with Crippen molar-refractivity contribution in [3.8, 4) is 5.75 Å². The van der Waals surface area contributed by atoms with Crippen molar-refractivity contribution in [3.63, 3.8) is 0 Å². The highest BCUT2D eigenvalue weighted by atomic mass is 35.5. The van der Waals surface area contributed by atoms with Gasteiger partial charge in [-0.2, -0.15) is 13.2 Å². The van der Waals surface area contributed by atoms with E-state index in [4.69, 9.17) is 16.3 Å². The second-order valence-electron chi connectivity index (χ2n) is 8.28. The van der Waals surface area contributed by atoms with Crippen molar-refractivity contribution in [1.29, 1.82) is 0 Å². The first-order valence-corrected chi connectivity index (χ1v) is 12.5. The van der Waals surface area contributed by atoms with Gasteiger partial charge in [-0.1, -0.05) is 49.3 Å². The first-order chi connectivity index (χ1) is 17.4. The quantitative estimate of drug-likeness (QED) is 0.340. The van der Waals surface area contributed by atoms with Crippen LogP contribution >= 0.6 is 23.4 Å². The first kappa shape index (κ1) is 28.3. The molecule has 3 aromatic rings. The van der Waals surface area contributed by atoms with Crippen LogP contribution in [0, 0.1) is 0 Å². The maximum Gasteiger partial charge on any atom is 0.416 e. The van der Waals surface area contributed by atoms with Crippen molar-refractivity contribution >= 4 is 40.9 Å². The van der Waals surface area contributed by atoms with Gasteiger partial charge in [0.05, 0.1) is 28.6 Å². The number of hydrogen-bond donors (Lipinski definition) is 2. The number of ether oxygens (including phenoxy) is 1. The number of thioether (sulfide) groups is 1. The molecule has 0 aliphatic heterocycles. The molecule has 13 heteroatoms. The molecule has 0 saturated heterocycles. The molecule has 0 atom stereocenters. The van der Waals surface area contributed by atoms with Crippen molar-refractivity contribution in [2.24, 2.45) is 7.05 Å². The number of anilines is 1. The summed E-state index contributed by atoms with van der Waals surface area (Å²) in [6.45, 7) is 4.10. The SMILES string of the molecule is CC(C)c1ccc(OCC(=O)NCc2nnc(SCC(=O)Nc3cc(C(F)(F)F)ccc3Cl)n2C)cc1. The third kappa shape index (κ3) is 8.12. The Morgan fingerprint density at radius 3 is 2.46 bits per heavy atom. The van der Waals surface area contributed by atoms with Gasteiger partial charge in [-0.15, -0.1) is 10.2 Å². The molecule has 0 unspecified atom stereocenters. The van der Waals surface area contributed by atoms with Gasteiger partial charge in [-0.25, -0.2) is 0 Å². The number of hydrogen-bond acceptors (Lipinski definition) is 6. The van der Waals surface area contributed by atoms with E-state index >= 15 is 0 Å². The summed E-state index contributed by atoms with van der Waals surface area (Å²) in [7, 11) is 1.66. The Kier molecular flexibility index (Phi) is 9.44. The van der Waals surface area contributed by atoms with Crippen molar-refractivity contribution < 1.29 is 27.5 Å². The standard InChI is InChI=1S/C24H25ClF3N5O3S/c1-14(2)15-4-7-17(8-5-15)36-12-21(34)29-11-20-31-32-23(33(20)3)37-13-22(35)30-19-10-16(24(26,27)28)6-9-18(19)25/h4-10,14H,11-13H2,1-3H3,(H,29,34)(H,30,35). The number of carbonyl (C=O) groups excluding carboxylic acids is 2. The van der Waals surface area contributed by atoms with Crippen molar-refractivity contribution in [2.75, 3.05) is 17.7 Å². The third-order valence-corrected chi connectivity index (χ3v) is 6.54. The number of alkyl halides is 3. The van der Waals surface area contributed by atoms with Crippen molar-refractivity contribution in [2.45, 2.75) is 37.6 Å². The average molecular weight is 556 g/mol. The van der Waals surface area contributed by atoms with Gasteiger partial charge in [0.2, 0.25) is 5.91 Å². The molecule has 1 heterocycles. The summed E-state index contributed by atoms with van der Waals surface area (Å²) in [6.07, 6.45) is -4.56. The lowest BCUT2D eigenvalue weighted by atomic mass is 10.0. The lowest BCUT2D eigenvalue weighted by Gasteiger charge is -2.11. The van der Waals surface area contributed by atoms with Gasteiger partial charge >= 0.3 is 6.18 Å². The summed E-state index contributed by atoms with van der Waals surface area (Å²) in [5, 5.41) is 13.4. The monoisotopic (exact) mass is 555 g/mol. The zero-order valence-corrected chi connectivity index (χ0v) is 21.8. The van der Waals surface area contributed by atoms with Crippen LogP contribution in [-0.4, -0.2) is 38.9 Å². The molecule has 2 aromatic carbocycles. The molecule has 0 aliphatic rings. The van der Waals surface area contributed by atoms with E-state index in [1.807, 2.05) is 24.3 Å². The summed E-state index contributed by atoms with van der Waals surface area (Å²) in [5.74, 6) is 0.370. The van der Waals surface area contributed by atoms with E-state index in [2.05, 4.69) is 34.7 Å². The van der Waals surface area contributed by atoms with E-state index in [-0.39, 0.29) is 35.5 Å². The maximum absolute atomic E-state index is 12.9. The molecule has 0 bridgehead atoms. The summed E-state index contributed by atoms with van der Waals surface area (Å²) in [5.41, 5.74) is 0.112. The normalized spacial score (nSPS) is 11.5. The number of benzene rings is 2. The third-order valence-electron chi connectivity index (χ3n) is 5.19. The molecule has 0 aliphatic carbocycles. The van der Waals surface area contributed by atoms with Gasteiger partial charge in [-0.05, 0) is 41.8 Å². The fourth-order valence-corrected chi connectivity index (χ4v) is 3.96. The van der Waals surface area contributed by atoms with Crippen LogP contribution in [0.5, 0.6) is 5.75 Å². The molecular formula is C24H25ClF3N5O3S. The topological polar surface area (TPSA) is 98.1 Å². The van der Waals surface area contributed by atoms with E-state index in [1.54, 1.807) is 11.6 Å². The first-order valence-electron chi connectivity index (χ1n) is 11.1. The van der Waals surface area contributed by atoms with Gasteiger partial charge in [-0.3, -0.25) is 9.59 Å². The maximum atomic E-state index is 12.9. The van der Waals surface area contributed by atoms with Gasteiger partial charge in [0.1, 0.15) is 5.75 Å². The summed E-state index contributed by atoms with van der Waals surface area (Å²) < 4.78 is 45.8. The lowest BCUT2D eigenvalue weighted by molar-refractivity contribution is -0.137. The molecule has 0 saturated carbocycles. The molecular weight excluding hydrogens is 531 g/mol. The lowest BCUT2D eigenvalue weighted by Crippen LogP contribution is -2.29. The molecule has 2 N–H and O–H groups in total. The highest BCUT2D eigenvalue weighted by Gasteiger charge is 2.31. The fourth-order valence-electron chi connectivity index (χ4n) is 3.06. The van der Waals surface area contributed by atoms with Crippen molar-refractivity contribution in [3.05, 3.63) is 64.4 Å². The second kappa shape index (κ2) is 12.3. The number of aromatic nitrogens is 3. The van der Waals surface area contributed by atoms with Crippen LogP contribution in [0.2, 0.25) is 5.02 Å². The van der Waals surface area contributed by atoms with Crippen molar-refractivity contribution in [1.82, 2.24) is 20.1 Å². The number of carbonyl (C=O) groups is 2. The molecule has 3 rings (SSSR count). The molecule has 198 valence electrons. The molecule has 37 heavy (non-hydrogen) atoms. The highest BCUT2D eigenvalue weighted by molar-refractivity contribution is 7.99. The summed E-state index contributed by atoms with van der Waals surface area (Å²) in [4.78, 5) is 24.4. The molecule has 0 fully saturated rings. The molecule has 0 radical (unpaired) electrons. The minimum atomic E-state index is -4.56. The Morgan fingerprint density at radius 1 is 1.11 bits per heavy atom. The number of halogens is 4. The number of amides is 2. The van der Waals surface area contributed by atoms with Crippen LogP contribution < -0.4 is 15.4 Å². The van der Waals surface area contributed by atoms with E-state index in [0.29, 0.717) is 22.6 Å². The van der Waals surface area contributed by atoms with Gasteiger partial charge in [0, 0.05) is 7.05 Å². The number of nitrogens with one attached hydrogen (secondary N) is 2. The molecule has 0 spiro atoms. The molecule has 8 nitrogen and oxygen atoms in total. The number of rotatable bonds is 10. The Labute approximate surface area is 220 Å². The molecule has 1 aromatic heterocycles. The zero-order valence-electron chi connectivity index (χ0n) is 20.2. The predicted octanol–water partition coefficient (Wildman–Crippen LogP) is 5.04. The predicted molar refractivity (Wildman–Crippen MR) is 135 cm³/mol. The van der Waals surface area contributed by atoms with Gasteiger partial charge in [0.15, 0.2) is 17.6 Å². The van der Waals surface area contributed by atoms with Gasteiger partial charge in [0.25, 0.3) is 5.91 Å². The highest BCUT2D eigenvalue weighted by Crippen LogP contribution is 2.34. The molecule has 2 amide bonds. The average Bonchev–Trinajstić information content (AvgIpc) is 3.20. The van der Waals surface area contributed by atoms with Gasteiger partial charge < -0.3 is 19.9 Å². The van der Waals surface area contributed by atoms with Crippen LogP contribution in [0.3, 0.4) is 0 Å². The smallest absolute Gasteiger partial charge is 0.416 e.